The summed E-state index contributed by atoms with van der Waals surface area (Å²) in [5.41, 5.74) is 5.92. The number of allylic oxidation sites excluding steroid dienone is 2. The molecule has 0 unspecified atom stereocenters. The molecule has 2 saturated heterocycles. The lowest BCUT2D eigenvalue weighted by molar-refractivity contribution is 0.162. The normalized spacial score (nSPS) is 17.8. The Labute approximate surface area is 236 Å². The Morgan fingerprint density at radius 3 is 2.21 bits per heavy atom. The zero-order chi connectivity index (χ0) is 26.5. The SMILES string of the molecule is C=C/C=C(\c1ccc(Cl)cc1C)N1CCN(CCCN2CCN(c3ccnc4cc(Cl)ccc34)CC2)CC1. The zero-order valence-corrected chi connectivity index (χ0v) is 23.8. The van der Waals surface area contributed by atoms with E-state index in [2.05, 4.69) is 62.4 Å². The predicted octanol–water partition coefficient (Wildman–Crippen LogP) is 6.21. The van der Waals surface area contributed by atoms with Crippen molar-refractivity contribution in [2.45, 2.75) is 13.3 Å². The van der Waals surface area contributed by atoms with Gasteiger partial charge in [0.05, 0.1) is 5.52 Å². The van der Waals surface area contributed by atoms with Crippen molar-refractivity contribution in [2.24, 2.45) is 0 Å². The molecule has 7 heteroatoms. The molecule has 0 N–H and O–H groups in total. The average molecular weight is 551 g/mol. The topological polar surface area (TPSA) is 25.9 Å². The Morgan fingerprint density at radius 1 is 0.868 bits per heavy atom. The average Bonchev–Trinajstić information content (AvgIpc) is 2.92. The van der Waals surface area contributed by atoms with Gasteiger partial charge in [0.2, 0.25) is 0 Å². The summed E-state index contributed by atoms with van der Waals surface area (Å²) in [5, 5.41) is 2.70. The Kier molecular flexibility index (Phi) is 8.90. The first-order chi connectivity index (χ1) is 18.5. The van der Waals surface area contributed by atoms with Crippen LogP contribution in [-0.4, -0.2) is 85.1 Å². The molecule has 2 aromatic carbocycles. The molecular formula is C31H37Cl2N5. The highest BCUT2D eigenvalue weighted by atomic mass is 35.5. The zero-order valence-electron chi connectivity index (χ0n) is 22.3. The molecule has 3 aromatic rings. The minimum atomic E-state index is 0.735. The molecule has 38 heavy (non-hydrogen) atoms. The number of benzene rings is 2. The van der Waals surface area contributed by atoms with Gasteiger partial charge in [0.25, 0.3) is 0 Å². The van der Waals surface area contributed by atoms with Gasteiger partial charge in [-0.25, -0.2) is 0 Å². The van der Waals surface area contributed by atoms with Crippen LogP contribution in [0.15, 0.2) is 67.4 Å². The fraction of sp³-hybridized carbons (Fsp3) is 0.387. The second-order valence-corrected chi connectivity index (χ2v) is 11.1. The van der Waals surface area contributed by atoms with Crippen molar-refractivity contribution in [2.75, 3.05) is 70.3 Å². The van der Waals surface area contributed by atoms with Gasteiger partial charge < -0.3 is 9.80 Å². The van der Waals surface area contributed by atoms with E-state index < -0.39 is 0 Å². The molecule has 0 bridgehead atoms. The largest absolute Gasteiger partial charge is 0.368 e. The van der Waals surface area contributed by atoms with E-state index in [1.807, 2.05) is 36.5 Å². The van der Waals surface area contributed by atoms with Crippen LogP contribution >= 0.6 is 23.2 Å². The van der Waals surface area contributed by atoms with Crippen molar-refractivity contribution in [3.63, 3.8) is 0 Å². The van der Waals surface area contributed by atoms with E-state index in [0.717, 1.165) is 81.0 Å². The number of hydrogen-bond donors (Lipinski definition) is 0. The molecule has 2 aliphatic rings. The van der Waals surface area contributed by atoms with E-state index in [1.165, 1.54) is 34.3 Å². The van der Waals surface area contributed by atoms with Gasteiger partial charge in [0, 0.05) is 90.9 Å². The third kappa shape index (κ3) is 6.35. The lowest BCUT2D eigenvalue weighted by atomic mass is 10.0. The summed E-state index contributed by atoms with van der Waals surface area (Å²) in [4.78, 5) is 14.7. The molecule has 2 aliphatic heterocycles. The molecule has 5 rings (SSSR count). The van der Waals surface area contributed by atoms with Gasteiger partial charge in [-0.1, -0.05) is 41.9 Å². The van der Waals surface area contributed by atoms with E-state index >= 15 is 0 Å². The summed E-state index contributed by atoms with van der Waals surface area (Å²) in [6.45, 7) is 16.9. The number of piperazine rings is 2. The third-order valence-electron chi connectivity index (χ3n) is 7.80. The van der Waals surface area contributed by atoms with Gasteiger partial charge in [-0.05, 0) is 74.5 Å². The minimum absolute atomic E-state index is 0.735. The molecule has 200 valence electrons. The van der Waals surface area contributed by atoms with Crippen LogP contribution in [0.5, 0.6) is 0 Å². The number of pyridine rings is 1. The standard InChI is InChI=1S/C31H37Cl2N5/c1-3-5-30(27-8-6-25(32)22-24(27)2)37-18-14-35(15-19-37)12-4-13-36-16-20-38(21-17-36)31-10-11-34-29-23-26(33)7-9-28(29)31/h3,5-11,22-23H,1,4,12-21H2,2H3/b30-5+. The minimum Gasteiger partial charge on any atom is -0.368 e. The van der Waals surface area contributed by atoms with E-state index in [9.17, 15) is 0 Å². The second kappa shape index (κ2) is 12.5. The van der Waals surface area contributed by atoms with Gasteiger partial charge >= 0.3 is 0 Å². The Hall–Kier alpha value is -2.57. The number of nitrogens with zero attached hydrogens (tertiary/aromatic N) is 5. The number of rotatable bonds is 8. The second-order valence-electron chi connectivity index (χ2n) is 10.2. The molecule has 0 spiro atoms. The van der Waals surface area contributed by atoms with Crippen LogP contribution in [0.2, 0.25) is 10.0 Å². The molecular weight excluding hydrogens is 513 g/mol. The maximum atomic E-state index is 6.20. The number of fused-ring (bicyclic) bond motifs is 1. The fourth-order valence-corrected chi connectivity index (χ4v) is 6.11. The Morgan fingerprint density at radius 2 is 1.53 bits per heavy atom. The molecule has 1 aromatic heterocycles. The number of anilines is 1. The Bertz CT molecular complexity index is 1290. The molecule has 0 atom stereocenters. The van der Waals surface area contributed by atoms with Crippen molar-refractivity contribution < 1.29 is 0 Å². The van der Waals surface area contributed by atoms with Crippen molar-refractivity contribution in [3.8, 4) is 0 Å². The summed E-state index contributed by atoms with van der Waals surface area (Å²) in [5.74, 6) is 0. The van der Waals surface area contributed by atoms with Gasteiger partial charge in [-0.2, -0.15) is 0 Å². The molecule has 2 fully saturated rings. The number of aryl methyl sites for hydroxylation is 1. The van der Waals surface area contributed by atoms with Crippen LogP contribution in [0, 0.1) is 6.92 Å². The lowest BCUT2D eigenvalue weighted by Gasteiger charge is -2.39. The summed E-state index contributed by atoms with van der Waals surface area (Å²) in [7, 11) is 0. The molecule has 3 heterocycles. The van der Waals surface area contributed by atoms with Crippen LogP contribution in [0.1, 0.15) is 17.5 Å². The first-order valence-corrected chi connectivity index (χ1v) is 14.4. The van der Waals surface area contributed by atoms with Gasteiger partial charge in [-0.15, -0.1) is 0 Å². The van der Waals surface area contributed by atoms with Crippen molar-refractivity contribution in [1.82, 2.24) is 19.7 Å². The molecule has 0 amide bonds. The van der Waals surface area contributed by atoms with Gasteiger partial charge in [-0.3, -0.25) is 14.8 Å². The lowest BCUT2D eigenvalue weighted by Crippen LogP contribution is -2.48. The summed E-state index contributed by atoms with van der Waals surface area (Å²) < 4.78 is 0. The van der Waals surface area contributed by atoms with Crippen molar-refractivity contribution in [1.29, 1.82) is 0 Å². The summed E-state index contributed by atoms with van der Waals surface area (Å²) in [6, 6.07) is 14.3. The van der Waals surface area contributed by atoms with E-state index in [0.29, 0.717) is 0 Å². The van der Waals surface area contributed by atoms with Crippen molar-refractivity contribution >= 4 is 45.5 Å². The van der Waals surface area contributed by atoms with Crippen molar-refractivity contribution in [3.05, 3.63) is 88.6 Å². The first kappa shape index (κ1) is 27.0. The summed E-state index contributed by atoms with van der Waals surface area (Å²) >= 11 is 12.4. The van der Waals surface area contributed by atoms with Crippen LogP contribution in [0.25, 0.3) is 16.6 Å². The highest BCUT2D eigenvalue weighted by molar-refractivity contribution is 6.31. The molecule has 0 aliphatic carbocycles. The van der Waals surface area contributed by atoms with E-state index in [4.69, 9.17) is 23.2 Å². The highest BCUT2D eigenvalue weighted by Gasteiger charge is 2.22. The van der Waals surface area contributed by atoms with E-state index in [-0.39, 0.29) is 0 Å². The Balaban J connectivity index is 1.07. The maximum absolute atomic E-state index is 6.20. The number of hydrogen-bond acceptors (Lipinski definition) is 5. The van der Waals surface area contributed by atoms with Gasteiger partial charge in [0.1, 0.15) is 0 Å². The predicted molar refractivity (Wildman–Crippen MR) is 162 cm³/mol. The third-order valence-corrected chi connectivity index (χ3v) is 8.27. The number of aromatic nitrogens is 1. The first-order valence-electron chi connectivity index (χ1n) is 13.6. The monoisotopic (exact) mass is 549 g/mol. The smallest absolute Gasteiger partial charge is 0.0737 e. The highest BCUT2D eigenvalue weighted by Crippen LogP contribution is 2.29. The quantitative estimate of drug-likeness (QED) is 0.311. The molecule has 5 nitrogen and oxygen atoms in total. The molecule has 0 radical (unpaired) electrons. The van der Waals surface area contributed by atoms with E-state index in [1.54, 1.807) is 0 Å². The van der Waals surface area contributed by atoms with Crippen LogP contribution in [0.3, 0.4) is 0 Å². The van der Waals surface area contributed by atoms with Crippen LogP contribution < -0.4 is 4.90 Å². The maximum Gasteiger partial charge on any atom is 0.0737 e. The van der Waals surface area contributed by atoms with Gasteiger partial charge in [0.15, 0.2) is 0 Å². The van der Waals surface area contributed by atoms with Crippen LogP contribution in [-0.2, 0) is 0 Å². The molecule has 0 saturated carbocycles. The number of halogens is 2. The summed E-state index contributed by atoms with van der Waals surface area (Å²) in [6.07, 6.45) is 7.13. The van der Waals surface area contributed by atoms with Crippen LogP contribution in [0.4, 0.5) is 5.69 Å². The fourth-order valence-electron chi connectivity index (χ4n) is 5.72.